The molecule has 0 aliphatic carbocycles. The minimum absolute atomic E-state index is 0.0126. The van der Waals surface area contributed by atoms with E-state index in [1.165, 1.54) is 18.7 Å². The van der Waals surface area contributed by atoms with E-state index in [0.29, 0.717) is 34.5 Å². The van der Waals surface area contributed by atoms with E-state index in [4.69, 9.17) is 11.6 Å². The highest BCUT2D eigenvalue weighted by Crippen LogP contribution is 2.24. The average Bonchev–Trinajstić information content (AvgIpc) is 3.14. The monoisotopic (exact) mass is 457 g/mol. The number of anilines is 2. The first kappa shape index (κ1) is 22.8. The van der Waals surface area contributed by atoms with Gasteiger partial charge in [0.05, 0.1) is 11.8 Å². The molecule has 0 radical (unpaired) electrons. The molecule has 1 aromatic heterocycles. The Kier molecular flexibility index (Phi) is 7.70. The number of hydrogen-bond donors (Lipinski definition) is 2. The zero-order valence-corrected chi connectivity index (χ0v) is 19.1. The van der Waals surface area contributed by atoms with Crippen molar-refractivity contribution in [2.24, 2.45) is 0 Å². The highest BCUT2D eigenvalue weighted by atomic mass is 35.5. The largest absolute Gasteiger partial charge is 0.378 e. The first-order valence-corrected chi connectivity index (χ1v) is 11.1. The molecule has 0 fully saturated rings. The molecule has 31 heavy (non-hydrogen) atoms. The molecule has 1 heterocycles. The maximum atomic E-state index is 12.6. The van der Waals surface area contributed by atoms with Crippen LogP contribution in [0.2, 0.25) is 5.02 Å². The van der Waals surface area contributed by atoms with E-state index in [1.54, 1.807) is 24.3 Å². The van der Waals surface area contributed by atoms with Crippen molar-refractivity contribution in [2.45, 2.75) is 44.3 Å². The van der Waals surface area contributed by atoms with Crippen LogP contribution in [0.3, 0.4) is 0 Å². The number of amides is 1. The fourth-order valence-electron chi connectivity index (χ4n) is 2.88. The first-order chi connectivity index (χ1) is 14.9. The smallest absolute Gasteiger partial charge is 0.237 e. The Morgan fingerprint density at radius 2 is 1.87 bits per heavy atom. The Morgan fingerprint density at radius 3 is 2.52 bits per heavy atom. The molecular formula is C22H24ClN5O2S. The minimum Gasteiger partial charge on any atom is -0.378 e. The van der Waals surface area contributed by atoms with Gasteiger partial charge in [-0.3, -0.25) is 9.59 Å². The maximum Gasteiger partial charge on any atom is 0.237 e. The van der Waals surface area contributed by atoms with Gasteiger partial charge in [-0.2, -0.15) is 0 Å². The predicted molar refractivity (Wildman–Crippen MR) is 125 cm³/mol. The van der Waals surface area contributed by atoms with Crippen LogP contribution < -0.4 is 10.6 Å². The Morgan fingerprint density at radius 1 is 1.13 bits per heavy atom. The van der Waals surface area contributed by atoms with Crippen LogP contribution in [0.1, 0.15) is 37.0 Å². The summed E-state index contributed by atoms with van der Waals surface area (Å²) >= 11 is 7.38. The van der Waals surface area contributed by atoms with Crippen LogP contribution >= 0.6 is 23.4 Å². The topological polar surface area (TPSA) is 88.9 Å². The molecule has 2 aromatic carbocycles. The lowest BCUT2D eigenvalue weighted by atomic mass is 10.1. The van der Waals surface area contributed by atoms with Crippen molar-refractivity contribution in [3.05, 3.63) is 64.9 Å². The van der Waals surface area contributed by atoms with Gasteiger partial charge in [-0.15, -0.1) is 10.2 Å². The van der Waals surface area contributed by atoms with Crippen LogP contribution in [-0.4, -0.2) is 31.7 Å². The Hall–Kier alpha value is -2.84. The third-order valence-electron chi connectivity index (χ3n) is 4.60. The third kappa shape index (κ3) is 6.08. The van der Waals surface area contributed by atoms with Crippen molar-refractivity contribution < 1.29 is 9.59 Å². The lowest BCUT2D eigenvalue weighted by molar-refractivity contribution is -0.115. The number of Topliss-reactive ketones (excluding diaryl/α,β-unsaturated/α-hetero) is 1. The molecule has 1 atom stereocenters. The van der Waals surface area contributed by atoms with E-state index in [2.05, 4.69) is 20.8 Å². The fraction of sp³-hybridized carbons (Fsp3) is 0.273. The summed E-state index contributed by atoms with van der Waals surface area (Å²) in [6.45, 7) is 6.52. The fourth-order valence-corrected chi connectivity index (χ4v) is 4.00. The van der Waals surface area contributed by atoms with Gasteiger partial charge >= 0.3 is 0 Å². The SMILES string of the molecule is CCn1c(CNc2cccc(Cl)c2)nnc1S[C@@H](C)C(=O)Nc1ccc(C(C)=O)cc1. The van der Waals surface area contributed by atoms with Crippen molar-refractivity contribution >= 4 is 46.4 Å². The summed E-state index contributed by atoms with van der Waals surface area (Å²) in [5, 5.41) is 15.7. The summed E-state index contributed by atoms with van der Waals surface area (Å²) in [6, 6.07) is 14.3. The highest BCUT2D eigenvalue weighted by Gasteiger charge is 2.20. The number of halogens is 1. The standard InChI is InChI=1S/C22H24ClN5O2S/c1-4-28-20(13-24-19-7-5-6-17(23)12-19)26-27-22(28)31-15(3)21(30)25-18-10-8-16(9-11-18)14(2)29/h5-12,15,24H,4,13H2,1-3H3,(H,25,30)/t15-/m0/s1. The predicted octanol–water partition coefficient (Wildman–Crippen LogP) is 4.89. The molecule has 0 bridgehead atoms. The second-order valence-corrected chi connectivity index (χ2v) is 8.63. The van der Waals surface area contributed by atoms with Gasteiger partial charge in [0.25, 0.3) is 0 Å². The molecular weight excluding hydrogens is 434 g/mol. The molecule has 3 rings (SSSR count). The zero-order valence-electron chi connectivity index (χ0n) is 17.6. The van der Waals surface area contributed by atoms with E-state index in [1.807, 2.05) is 42.7 Å². The molecule has 0 spiro atoms. The summed E-state index contributed by atoms with van der Waals surface area (Å²) in [7, 11) is 0. The number of nitrogens with zero attached hydrogens (tertiary/aromatic N) is 3. The van der Waals surface area contributed by atoms with Crippen LogP contribution in [-0.2, 0) is 17.9 Å². The third-order valence-corrected chi connectivity index (χ3v) is 5.91. The Balaban J connectivity index is 1.61. The summed E-state index contributed by atoms with van der Waals surface area (Å²) in [6.07, 6.45) is 0. The van der Waals surface area contributed by atoms with E-state index in [-0.39, 0.29) is 16.9 Å². The van der Waals surface area contributed by atoms with Gasteiger partial charge < -0.3 is 15.2 Å². The van der Waals surface area contributed by atoms with E-state index in [9.17, 15) is 9.59 Å². The number of carbonyl (C=O) groups excluding carboxylic acids is 2. The second-order valence-electron chi connectivity index (χ2n) is 6.89. The average molecular weight is 458 g/mol. The van der Waals surface area contributed by atoms with Gasteiger partial charge in [-0.1, -0.05) is 29.4 Å². The van der Waals surface area contributed by atoms with Crippen molar-refractivity contribution in [3.8, 4) is 0 Å². The number of benzene rings is 2. The van der Waals surface area contributed by atoms with Gasteiger partial charge in [-0.05, 0) is 63.2 Å². The molecule has 0 saturated heterocycles. The number of rotatable bonds is 9. The molecule has 9 heteroatoms. The summed E-state index contributed by atoms with van der Waals surface area (Å²) in [5.41, 5.74) is 2.15. The van der Waals surface area contributed by atoms with Crippen LogP contribution in [0.15, 0.2) is 53.7 Å². The quantitative estimate of drug-likeness (QED) is 0.351. The number of aromatic nitrogens is 3. The Bertz CT molecular complexity index is 1070. The van der Waals surface area contributed by atoms with Gasteiger partial charge in [0.15, 0.2) is 16.8 Å². The number of nitrogens with one attached hydrogen (secondary N) is 2. The molecule has 0 unspecified atom stereocenters. The molecule has 2 N–H and O–H groups in total. The van der Waals surface area contributed by atoms with Gasteiger partial charge in [0.1, 0.15) is 0 Å². The molecule has 3 aromatic rings. The van der Waals surface area contributed by atoms with Gasteiger partial charge in [0.2, 0.25) is 5.91 Å². The number of carbonyl (C=O) groups is 2. The van der Waals surface area contributed by atoms with Crippen molar-refractivity contribution in [3.63, 3.8) is 0 Å². The van der Waals surface area contributed by atoms with Crippen LogP contribution in [0.4, 0.5) is 11.4 Å². The van der Waals surface area contributed by atoms with E-state index in [0.717, 1.165) is 11.5 Å². The normalized spacial score (nSPS) is 11.7. The summed E-state index contributed by atoms with van der Waals surface area (Å²) in [5.74, 6) is 0.614. The van der Waals surface area contributed by atoms with Crippen molar-refractivity contribution in [2.75, 3.05) is 10.6 Å². The number of hydrogen-bond acceptors (Lipinski definition) is 6. The van der Waals surface area contributed by atoms with Crippen molar-refractivity contribution in [1.29, 1.82) is 0 Å². The summed E-state index contributed by atoms with van der Waals surface area (Å²) < 4.78 is 1.98. The number of thioether (sulfide) groups is 1. The molecule has 0 saturated carbocycles. The molecule has 1 amide bonds. The lowest BCUT2D eigenvalue weighted by Crippen LogP contribution is -2.23. The molecule has 0 aliphatic rings. The van der Waals surface area contributed by atoms with Crippen molar-refractivity contribution in [1.82, 2.24) is 14.8 Å². The van der Waals surface area contributed by atoms with Gasteiger partial charge in [-0.25, -0.2) is 0 Å². The lowest BCUT2D eigenvalue weighted by Gasteiger charge is -2.13. The number of ketones is 1. The summed E-state index contributed by atoms with van der Waals surface area (Å²) in [4.78, 5) is 24.0. The van der Waals surface area contributed by atoms with Gasteiger partial charge in [0, 0.05) is 28.5 Å². The van der Waals surface area contributed by atoms with E-state index < -0.39 is 0 Å². The van der Waals surface area contributed by atoms with Crippen LogP contribution in [0.25, 0.3) is 0 Å². The van der Waals surface area contributed by atoms with E-state index >= 15 is 0 Å². The maximum absolute atomic E-state index is 12.6. The minimum atomic E-state index is -0.379. The Labute approximate surface area is 190 Å². The van der Waals surface area contributed by atoms with Crippen LogP contribution in [0, 0.1) is 0 Å². The molecule has 0 aliphatic heterocycles. The molecule has 162 valence electrons. The zero-order chi connectivity index (χ0) is 22.4. The first-order valence-electron chi connectivity index (χ1n) is 9.87. The molecule has 7 nitrogen and oxygen atoms in total. The highest BCUT2D eigenvalue weighted by molar-refractivity contribution is 8.00. The van der Waals surface area contributed by atoms with Crippen LogP contribution in [0.5, 0.6) is 0 Å². The second kappa shape index (κ2) is 10.5.